The highest BCUT2D eigenvalue weighted by Gasteiger charge is 2.59. The van der Waals surface area contributed by atoms with Crippen molar-refractivity contribution in [3.8, 4) is 0 Å². The number of hydrogen-bond donors (Lipinski definition) is 0. The van der Waals surface area contributed by atoms with Crippen LogP contribution < -0.4 is 0 Å². The molecule has 180 valence electrons. The molecule has 3 fully saturated rings. The van der Waals surface area contributed by atoms with E-state index in [2.05, 4.69) is 57.2 Å². The van der Waals surface area contributed by atoms with Crippen LogP contribution in [-0.4, -0.2) is 18.2 Å². The van der Waals surface area contributed by atoms with Gasteiger partial charge in [0.25, 0.3) is 0 Å². The van der Waals surface area contributed by atoms with Gasteiger partial charge in [-0.25, -0.2) is 0 Å². The summed E-state index contributed by atoms with van der Waals surface area (Å²) in [5, 5.41) is 0. The molecule has 4 aliphatic carbocycles. The minimum Gasteiger partial charge on any atom is -0.462 e. The topological polar surface area (TPSA) is 35.5 Å². The fraction of sp³-hybridized carbons (Fsp3) is 0.690. The van der Waals surface area contributed by atoms with Crippen LogP contribution in [0.15, 0.2) is 46.9 Å². The van der Waals surface area contributed by atoms with Gasteiger partial charge in [-0.2, -0.15) is 0 Å². The summed E-state index contributed by atoms with van der Waals surface area (Å²) in [6, 6.07) is 10.5. The molecule has 0 heterocycles. The summed E-state index contributed by atoms with van der Waals surface area (Å²) in [5.41, 5.74) is 2.26. The monoisotopic (exact) mass is 468 g/mol. The first-order chi connectivity index (χ1) is 15.8. The molecule has 33 heavy (non-hydrogen) atoms. The van der Waals surface area contributed by atoms with Crippen LogP contribution in [0.25, 0.3) is 0 Å². The summed E-state index contributed by atoms with van der Waals surface area (Å²) in [7, 11) is 0. The van der Waals surface area contributed by atoms with Crippen molar-refractivity contribution in [3.63, 3.8) is 0 Å². The van der Waals surface area contributed by atoms with E-state index in [0.717, 1.165) is 37.0 Å². The Hall–Kier alpha value is -1.26. The van der Waals surface area contributed by atoms with E-state index in [9.17, 15) is 4.79 Å². The number of esters is 1. The highest BCUT2D eigenvalue weighted by Crippen LogP contribution is 2.67. The predicted octanol–water partition coefficient (Wildman–Crippen LogP) is 7.61. The average molecular weight is 469 g/mol. The first-order valence-corrected chi connectivity index (χ1v) is 13.8. The van der Waals surface area contributed by atoms with Crippen molar-refractivity contribution in [2.75, 3.05) is 0 Å². The number of benzene rings is 1. The molecule has 3 saturated carbocycles. The van der Waals surface area contributed by atoms with Gasteiger partial charge in [0.05, 0.1) is 6.10 Å². The lowest BCUT2D eigenvalue weighted by molar-refractivity contribution is -0.148. The lowest BCUT2D eigenvalue weighted by Gasteiger charge is -2.58. The van der Waals surface area contributed by atoms with E-state index in [4.69, 9.17) is 8.92 Å². The Bertz CT molecular complexity index is 897. The van der Waals surface area contributed by atoms with Crippen LogP contribution in [0.3, 0.4) is 0 Å². The van der Waals surface area contributed by atoms with E-state index in [1.807, 2.05) is 0 Å². The fourth-order valence-corrected chi connectivity index (χ4v) is 9.11. The van der Waals surface area contributed by atoms with Gasteiger partial charge >= 0.3 is 5.97 Å². The third-order valence-corrected chi connectivity index (χ3v) is 10.9. The third kappa shape index (κ3) is 4.20. The van der Waals surface area contributed by atoms with E-state index in [-0.39, 0.29) is 18.2 Å². The second-order valence-corrected chi connectivity index (χ2v) is 12.5. The van der Waals surface area contributed by atoms with Crippen LogP contribution in [0.5, 0.6) is 0 Å². The average Bonchev–Trinajstić information content (AvgIpc) is 3.15. The molecule has 1 aromatic rings. The molecular formula is C29H40O3S. The fourth-order valence-electron chi connectivity index (χ4n) is 8.45. The van der Waals surface area contributed by atoms with Gasteiger partial charge in [-0.1, -0.05) is 43.7 Å². The summed E-state index contributed by atoms with van der Waals surface area (Å²) < 4.78 is 12.0. The van der Waals surface area contributed by atoms with Gasteiger partial charge in [0, 0.05) is 30.3 Å². The minimum absolute atomic E-state index is 0.0863. The lowest BCUT2D eigenvalue weighted by Crippen LogP contribution is -2.51. The summed E-state index contributed by atoms with van der Waals surface area (Å²) in [6.45, 7) is 8.95. The second-order valence-electron chi connectivity index (χ2n) is 11.7. The van der Waals surface area contributed by atoms with Crippen molar-refractivity contribution in [1.29, 1.82) is 0 Å². The maximum Gasteiger partial charge on any atom is 0.302 e. The van der Waals surface area contributed by atoms with E-state index in [1.165, 1.54) is 37.0 Å². The van der Waals surface area contributed by atoms with Gasteiger partial charge in [-0.05, 0) is 98.5 Å². The van der Waals surface area contributed by atoms with Gasteiger partial charge in [-0.15, -0.1) is 0 Å². The van der Waals surface area contributed by atoms with Crippen molar-refractivity contribution in [2.45, 2.75) is 96.2 Å². The maximum atomic E-state index is 11.5. The SMILES string of the molecule is CC(=O)OC1CC[C@@]2(C)C(=CC[C@H]3[C@@H]4CC[C@H]([C@H](C)OSc5ccccc5)[C@@]4(C)CC[C@@H]32)C1. The molecule has 0 bridgehead atoms. The molecule has 0 amide bonds. The van der Waals surface area contributed by atoms with Crippen molar-refractivity contribution in [1.82, 2.24) is 0 Å². The first-order valence-electron chi connectivity index (χ1n) is 13.1. The van der Waals surface area contributed by atoms with Crippen LogP contribution >= 0.6 is 12.0 Å². The summed E-state index contributed by atoms with van der Waals surface area (Å²) in [4.78, 5) is 12.7. The number of fused-ring (bicyclic) bond motifs is 5. The smallest absolute Gasteiger partial charge is 0.302 e. The summed E-state index contributed by atoms with van der Waals surface area (Å²) in [5.74, 6) is 2.88. The van der Waals surface area contributed by atoms with Crippen LogP contribution in [0.4, 0.5) is 0 Å². The Morgan fingerprint density at radius 3 is 2.61 bits per heavy atom. The Labute approximate surface area is 204 Å². The van der Waals surface area contributed by atoms with Crippen molar-refractivity contribution in [3.05, 3.63) is 42.0 Å². The molecule has 3 nitrogen and oxygen atoms in total. The first kappa shape index (κ1) is 23.5. The van der Waals surface area contributed by atoms with E-state index >= 15 is 0 Å². The summed E-state index contributed by atoms with van der Waals surface area (Å²) in [6.07, 6.45) is 12.6. The van der Waals surface area contributed by atoms with Crippen molar-refractivity contribution in [2.24, 2.45) is 34.5 Å². The number of rotatable bonds is 5. The van der Waals surface area contributed by atoms with Crippen LogP contribution in [0, 0.1) is 34.5 Å². The molecule has 0 aromatic heterocycles. The quantitative estimate of drug-likeness (QED) is 0.253. The third-order valence-electron chi connectivity index (χ3n) is 10.1. The van der Waals surface area contributed by atoms with Gasteiger partial charge in [0.2, 0.25) is 0 Å². The zero-order valence-electron chi connectivity index (χ0n) is 20.7. The number of ether oxygens (including phenoxy) is 1. The standard InChI is InChI=1S/C29H40O3S/c1-19(32-33-23-8-6-5-7-9-23)25-12-13-26-24-11-10-21-18-22(31-20(2)30)14-16-28(21,3)27(24)15-17-29(25,26)4/h5-10,19,22,24-27H,11-18H2,1-4H3/t19-,22?,24-,25+,26-,27-,28-,29+/m0/s1. The number of carbonyl (C=O) groups is 1. The highest BCUT2D eigenvalue weighted by atomic mass is 32.2. The largest absolute Gasteiger partial charge is 0.462 e. The van der Waals surface area contributed by atoms with Gasteiger partial charge in [0.1, 0.15) is 6.10 Å². The summed E-state index contributed by atoms with van der Waals surface area (Å²) >= 11 is 1.55. The minimum atomic E-state index is -0.134. The van der Waals surface area contributed by atoms with Crippen LogP contribution in [0.1, 0.15) is 79.1 Å². The molecule has 4 aliphatic rings. The Morgan fingerprint density at radius 1 is 1.06 bits per heavy atom. The molecule has 5 rings (SSSR count). The number of hydrogen-bond acceptors (Lipinski definition) is 4. The Morgan fingerprint density at radius 2 is 1.85 bits per heavy atom. The van der Waals surface area contributed by atoms with Gasteiger partial charge in [-0.3, -0.25) is 4.79 Å². The predicted molar refractivity (Wildman–Crippen MR) is 134 cm³/mol. The zero-order valence-corrected chi connectivity index (χ0v) is 21.5. The van der Waals surface area contributed by atoms with Crippen LogP contribution in [0.2, 0.25) is 0 Å². The van der Waals surface area contributed by atoms with E-state index in [1.54, 1.807) is 24.5 Å². The normalized spacial score (nSPS) is 40.7. The Balaban J connectivity index is 1.29. The molecule has 1 aromatic carbocycles. The van der Waals surface area contributed by atoms with Crippen molar-refractivity contribution < 1.29 is 13.7 Å². The number of carbonyl (C=O) groups excluding carboxylic acids is 1. The molecular weight excluding hydrogens is 428 g/mol. The second kappa shape index (κ2) is 9.07. The molecule has 0 saturated heterocycles. The van der Waals surface area contributed by atoms with Crippen LogP contribution in [-0.2, 0) is 13.7 Å². The molecule has 8 atom stereocenters. The molecule has 0 radical (unpaired) electrons. The highest BCUT2D eigenvalue weighted by molar-refractivity contribution is 7.94. The zero-order chi connectivity index (χ0) is 23.2. The molecule has 0 aliphatic heterocycles. The van der Waals surface area contributed by atoms with E-state index in [0.29, 0.717) is 16.7 Å². The van der Waals surface area contributed by atoms with Gasteiger partial charge < -0.3 is 8.92 Å². The molecule has 0 N–H and O–H groups in total. The maximum absolute atomic E-state index is 11.5. The lowest BCUT2D eigenvalue weighted by atomic mass is 9.47. The van der Waals surface area contributed by atoms with Crippen molar-refractivity contribution >= 4 is 18.0 Å². The molecule has 1 unspecified atom stereocenters. The van der Waals surface area contributed by atoms with E-state index < -0.39 is 0 Å². The Kier molecular flexibility index (Phi) is 6.46. The number of allylic oxidation sites excluding steroid dienone is 1. The molecule has 4 heteroatoms. The molecule has 0 spiro atoms. The van der Waals surface area contributed by atoms with Gasteiger partial charge in [0.15, 0.2) is 0 Å².